The molecule has 2 heterocycles. The molecule has 168 valence electrons. The largest absolute Gasteiger partial charge is 0.361 e. The number of aromatic amines is 1. The van der Waals surface area contributed by atoms with Gasteiger partial charge >= 0.3 is 0 Å². The number of anilines is 2. The Morgan fingerprint density at radius 2 is 1.61 bits per heavy atom. The molecule has 1 aliphatic carbocycles. The lowest BCUT2D eigenvalue weighted by Gasteiger charge is -2.21. The lowest BCUT2D eigenvalue weighted by molar-refractivity contribution is 0.483. The summed E-state index contributed by atoms with van der Waals surface area (Å²) in [5.41, 5.74) is 3.86. The second-order valence-electron chi connectivity index (χ2n) is 8.45. The van der Waals surface area contributed by atoms with Crippen molar-refractivity contribution in [3.8, 4) is 0 Å². The van der Waals surface area contributed by atoms with E-state index in [1.165, 1.54) is 5.39 Å². The first kappa shape index (κ1) is 21.4. The minimum absolute atomic E-state index is 0.251. The highest BCUT2D eigenvalue weighted by atomic mass is 32.2. The van der Waals surface area contributed by atoms with Crippen molar-refractivity contribution in [2.45, 2.75) is 42.2 Å². The van der Waals surface area contributed by atoms with Gasteiger partial charge in [0.2, 0.25) is 5.95 Å². The zero-order valence-electron chi connectivity index (χ0n) is 18.2. The van der Waals surface area contributed by atoms with Crippen molar-refractivity contribution in [1.82, 2.24) is 15.0 Å². The molecule has 33 heavy (non-hydrogen) atoms. The molecule has 0 saturated heterocycles. The lowest BCUT2D eigenvalue weighted by atomic mass is 10.0. The number of rotatable bonds is 6. The van der Waals surface area contributed by atoms with Crippen molar-refractivity contribution in [3.63, 3.8) is 0 Å². The molecule has 0 radical (unpaired) electrons. The molecule has 2 aromatic carbocycles. The third-order valence-corrected chi connectivity index (χ3v) is 8.43. The molecule has 0 unspecified atom stereocenters. The molecule has 1 fully saturated rings. The Morgan fingerprint density at radius 1 is 0.879 bits per heavy atom. The number of hydrogen-bond acceptors (Lipinski definition) is 5. The van der Waals surface area contributed by atoms with Crippen LogP contribution in [0.4, 0.5) is 11.6 Å². The number of hydrogen-bond donors (Lipinski definition) is 2. The summed E-state index contributed by atoms with van der Waals surface area (Å²) in [6, 6.07) is 15.2. The molecule has 1 saturated carbocycles. The van der Waals surface area contributed by atoms with Crippen LogP contribution in [0.25, 0.3) is 23.1 Å². The highest BCUT2D eigenvalue weighted by Gasteiger charge is 2.28. The molecular formula is C26H26N4O2S. The number of benzene rings is 2. The van der Waals surface area contributed by atoms with Crippen LogP contribution in [-0.4, -0.2) is 28.6 Å². The first-order valence-electron chi connectivity index (χ1n) is 11.3. The van der Waals surface area contributed by atoms with Gasteiger partial charge in [-0.2, -0.15) is 0 Å². The summed E-state index contributed by atoms with van der Waals surface area (Å²) in [5, 5.41) is 4.06. The molecule has 7 heteroatoms. The number of nitrogens with zero attached hydrogens (tertiary/aromatic N) is 2. The monoisotopic (exact) mass is 458 g/mol. The van der Waals surface area contributed by atoms with Crippen LogP contribution in [0.1, 0.15) is 43.2 Å². The Hall–Kier alpha value is -3.45. The van der Waals surface area contributed by atoms with Crippen molar-refractivity contribution in [1.29, 1.82) is 0 Å². The van der Waals surface area contributed by atoms with E-state index in [9.17, 15) is 8.42 Å². The molecule has 6 nitrogen and oxygen atoms in total. The van der Waals surface area contributed by atoms with E-state index in [1.807, 2.05) is 24.4 Å². The minimum atomic E-state index is -3.26. The van der Waals surface area contributed by atoms with Gasteiger partial charge in [-0.25, -0.2) is 18.4 Å². The highest BCUT2D eigenvalue weighted by Crippen LogP contribution is 2.29. The number of sulfone groups is 1. The molecule has 1 aliphatic rings. The van der Waals surface area contributed by atoms with Crippen LogP contribution in [0.15, 0.2) is 72.0 Å². The summed E-state index contributed by atoms with van der Waals surface area (Å²) >= 11 is 0. The maximum Gasteiger partial charge on any atom is 0.227 e. The van der Waals surface area contributed by atoms with Crippen molar-refractivity contribution >= 4 is 44.5 Å². The quantitative estimate of drug-likeness (QED) is 0.371. The van der Waals surface area contributed by atoms with Gasteiger partial charge < -0.3 is 10.3 Å². The van der Waals surface area contributed by atoms with E-state index in [-0.39, 0.29) is 5.25 Å². The SMILES string of the molecule is O=S(=O)(c1ccc(Nc2ncc(/C=C/c3ccc4[nH]ccc4c3)cn2)cc1)C1CCCCC1. The predicted molar refractivity (Wildman–Crippen MR) is 133 cm³/mol. The number of aromatic nitrogens is 3. The van der Waals surface area contributed by atoms with Crippen LogP contribution in [-0.2, 0) is 9.84 Å². The van der Waals surface area contributed by atoms with Gasteiger partial charge in [-0.15, -0.1) is 0 Å². The lowest BCUT2D eigenvalue weighted by Crippen LogP contribution is -2.24. The molecule has 5 rings (SSSR count). The van der Waals surface area contributed by atoms with Gasteiger partial charge in [0.1, 0.15) is 0 Å². The molecule has 2 aromatic heterocycles. The average Bonchev–Trinajstić information content (AvgIpc) is 3.33. The van der Waals surface area contributed by atoms with Crippen LogP contribution >= 0.6 is 0 Å². The van der Waals surface area contributed by atoms with Gasteiger partial charge in [-0.3, -0.25) is 0 Å². The summed E-state index contributed by atoms with van der Waals surface area (Å²) in [7, 11) is -3.26. The van der Waals surface area contributed by atoms with E-state index in [2.05, 4.69) is 38.5 Å². The maximum absolute atomic E-state index is 12.9. The smallest absolute Gasteiger partial charge is 0.227 e. The van der Waals surface area contributed by atoms with E-state index in [0.717, 1.165) is 54.4 Å². The Kier molecular flexibility index (Phi) is 5.96. The predicted octanol–water partition coefficient (Wildman–Crippen LogP) is 5.98. The number of nitrogens with one attached hydrogen (secondary N) is 2. The average molecular weight is 459 g/mol. The molecule has 0 amide bonds. The van der Waals surface area contributed by atoms with Gasteiger partial charge in [0, 0.05) is 35.4 Å². The summed E-state index contributed by atoms with van der Waals surface area (Å²) in [4.78, 5) is 12.3. The van der Waals surface area contributed by atoms with E-state index < -0.39 is 9.84 Å². The minimum Gasteiger partial charge on any atom is -0.361 e. The van der Waals surface area contributed by atoms with Crippen LogP contribution in [0, 0.1) is 0 Å². The van der Waals surface area contributed by atoms with E-state index in [1.54, 1.807) is 36.7 Å². The second-order valence-corrected chi connectivity index (χ2v) is 10.7. The first-order valence-corrected chi connectivity index (χ1v) is 12.8. The highest BCUT2D eigenvalue weighted by molar-refractivity contribution is 7.92. The standard InChI is InChI=1S/C26H26N4O2S/c31-33(32,23-4-2-1-3-5-23)24-11-9-22(10-12-24)30-26-28-17-20(18-29-26)7-6-19-8-13-25-21(16-19)14-15-27-25/h6-18,23,27H,1-5H2,(H,28,29,30)/b7-6+. The van der Waals surface area contributed by atoms with Gasteiger partial charge in [0.15, 0.2) is 9.84 Å². The Bertz CT molecular complexity index is 1370. The van der Waals surface area contributed by atoms with Crippen molar-refractivity contribution < 1.29 is 8.42 Å². The molecule has 0 atom stereocenters. The fraction of sp³-hybridized carbons (Fsp3) is 0.231. The fourth-order valence-electron chi connectivity index (χ4n) is 4.28. The van der Waals surface area contributed by atoms with Crippen LogP contribution in [0.5, 0.6) is 0 Å². The molecular weight excluding hydrogens is 432 g/mol. The van der Waals surface area contributed by atoms with E-state index in [0.29, 0.717) is 10.8 Å². The third kappa shape index (κ3) is 4.83. The summed E-state index contributed by atoms with van der Waals surface area (Å²) in [6.45, 7) is 0. The molecule has 0 spiro atoms. The Labute approximate surface area is 193 Å². The molecule has 2 N–H and O–H groups in total. The van der Waals surface area contributed by atoms with Crippen LogP contribution in [0.2, 0.25) is 0 Å². The zero-order valence-corrected chi connectivity index (χ0v) is 19.1. The Balaban J connectivity index is 1.23. The molecule has 0 aliphatic heterocycles. The molecule has 4 aromatic rings. The summed E-state index contributed by atoms with van der Waals surface area (Å²) in [5.74, 6) is 0.462. The molecule has 0 bridgehead atoms. The first-order chi connectivity index (χ1) is 16.1. The number of fused-ring (bicyclic) bond motifs is 1. The van der Waals surface area contributed by atoms with Crippen molar-refractivity contribution in [3.05, 3.63) is 78.2 Å². The topological polar surface area (TPSA) is 87.7 Å². The van der Waals surface area contributed by atoms with Crippen LogP contribution in [0.3, 0.4) is 0 Å². The fourth-order valence-corrected chi connectivity index (χ4v) is 6.14. The van der Waals surface area contributed by atoms with Crippen LogP contribution < -0.4 is 5.32 Å². The second kappa shape index (κ2) is 9.19. The maximum atomic E-state index is 12.9. The van der Waals surface area contributed by atoms with Gasteiger partial charge in [-0.05, 0) is 66.3 Å². The normalized spacial score (nSPS) is 15.3. The number of H-pyrrole nitrogens is 1. The summed E-state index contributed by atoms with van der Waals surface area (Å²) < 4.78 is 25.7. The van der Waals surface area contributed by atoms with Gasteiger partial charge in [0.05, 0.1) is 10.1 Å². The van der Waals surface area contributed by atoms with Crippen molar-refractivity contribution in [2.75, 3.05) is 5.32 Å². The van der Waals surface area contributed by atoms with Crippen molar-refractivity contribution in [2.24, 2.45) is 0 Å². The van der Waals surface area contributed by atoms with E-state index >= 15 is 0 Å². The third-order valence-electron chi connectivity index (χ3n) is 6.15. The van der Waals surface area contributed by atoms with Gasteiger partial charge in [0.25, 0.3) is 0 Å². The Morgan fingerprint density at radius 3 is 2.36 bits per heavy atom. The van der Waals surface area contributed by atoms with Gasteiger partial charge in [-0.1, -0.05) is 37.5 Å². The van der Waals surface area contributed by atoms with E-state index in [4.69, 9.17) is 0 Å². The summed E-state index contributed by atoms with van der Waals surface area (Å²) in [6.07, 6.45) is 14.1. The zero-order chi connectivity index (χ0) is 22.7.